The number of carbonyl (C=O) groups excluding carboxylic acids is 2. The summed E-state index contributed by atoms with van der Waals surface area (Å²) < 4.78 is 27.9. The van der Waals surface area contributed by atoms with Crippen LogP contribution in [0.5, 0.6) is 0 Å². The molecule has 0 aromatic rings. The quantitative estimate of drug-likeness (QED) is 0.0832. The predicted molar refractivity (Wildman–Crippen MR) is 144 cm³/mol. The average molecular weight is 584 g/mol. The van der Waals surface area contributed by atoms with Gasteiger partial charge in [-0.25, -0.2) is 0 Å². The summed E-state index contributed by atoms with van der Waals surface area (Å²) in [6.07, 6.45) is 22.3. The van der Waals surface area contributed by atoms with E-state index in [9.17, 15) is 28.2 Å². The van der Waals surface area contributed by atoms with Crippen molar-refractivity contribution in [1.29, 1.82) is 0 Å². The number of carbonyl (C=O) groups is 2. The van der Waals surface area contributed by atoms with Crippen molar-refractivity contribution in [1.82, 2.24) is 5.32 Å². The smallest absolute Gasteiger partial charge is 0.550 e. The number of unbranched alkanes of at least 4 members (excludes halogenated alkanes) is 16. The molecule has 0 heterocycles. The van der Waals surface area contributed by atoms with Gasteiger partial charge in [0.25, 0.3) is 10.1 Å². The van der Waals surface area contributed by atoms with Gasteiger partial charge in [0, 0.05) is 18.5 Å². The summed E-state index contributed by atoms with van der Waals surface area (Å²) in [5.41, 5.74) is 0. The van der Waals surface area contributed by atoms with E-state index in [0.29, 0.717) is 6.54 Å². The van der Waals surface area contributed by atoms with Crippen molar-refractivity contribution in [3.63, 3.8) is 0 Å². The summed E-state index contributed by atoms with van der Waals surface area (Å²) in [5.74, 6) is -2.04. The first-order chi connectivity index (χ1) is 17.1. The van der Waals surface area contributed by atoms with Crippen LogP contribution < -0.4 is 74.6 Å². The molecule has 0 bridgehead atoms. The molecule has 0 aromatic heterocycles. The Kier molecular flexibility index (Phi) is 51.0. The molecule has 0 unspecified atom stereocenters. The van der Waals surface area contributed by atoms with Gasteiger partial charge in [0.2, 0.25) is 0 Å². The maximum absolute atomic E-state index is 10.1. The van der Waals surface area contributed by atoms with Crippen LogP contribution in [0.25, 0.3) is 0 Å². The van der Waals surface area contributed by atoms with Crippen LogP contribution in [0.1, 0.15) is 142 Å². The van der Waals surface area contributed by atoms with Crippen molar-refractivity contribution < 1.29 is 91.9 Å². The number of aliphatic carboxylic acids is 2. The summed E-state index contributed by atoms with van der Waals surface area (Å²) in [6, 6.07) is 0. The van der Waals surface area contributed by atoms with Crippen LogP contribution in [0, 0.1) is 0 Å². The molecule has 8 nitrogen and oxygen atoms in total. The second-order valence-corrected chi connectivity index (χ2v) is 10.9. The van der Waals surface area contributed by atoms with Crippen molar-refractivity contribution >= 4 is 22.1 Å². The van der Waals surface area contributed by atoms with Gasteiger partial charge in [0.15, 0.2) is 0 Å². The molecular formula is C27H55NNa2O7S. The molecule has 0 atom stereocenters. The van der Waals surface area contributed by atoms with Gasteiger partial charge in [-0.05, 0) is 32.7 Å². The maximum atomic E-state index is 10.1. The van der Waals surface area contributed by atoms with Crippen LogP contribution in [-0.4, -0.2) is 44.3 Å². The van der Waals surface area contributed by atoms with Gasteiger partial charge in [0.05, 0.1) is 5.75 Å². The van der Waals surface area contributed by atoms with E-state index in [1.807, 2.05) is 0 Å². The van der Waals surface area contributed by atoms with Crippen molar-refractivity contribution in [3.8, 4) is 0 Å². The van der Waals surface area contributed by atoms with E-state index in [4.69, 9.17) is 4.55 Å². The summed E-state index contributed by atoms with van der Waals surface area (Å²) in [4.78, 5) is 20.2. The number of nitrogens with one attached hydrogen (secondary N) is 1. The van der Waals surface area contributed by atoms with E-state index in [2.05, 4.69) is 19.2 Å². The molecule has 0 amide bonds. The van der Waals surface area contributed by atoms with Gasteiger partial charge in [-0.2, -0.15) is 8.42 Å². The second kappa shape index (κ2) is 40.0. The Morgan fingerprint density at radius 3 is 1.05 bits per heavy atom. The number of hydrogen-bond donors (Lipinski definition) is 2. The third-order valence-corrected chi connectivity index (χ3v) is 6.30. The predicted octanol–water partition coefficient (Wildman–Crippen LogP) is -1.58. The van der Waals surface area contributed by atoms with Gasteiger partial charge in [-0.1, -0.05) is 117 Å². The van der Waals surface area contributed by atoms with Crippen molar-refractivity contribution in [2.75, 3.05) is 19.3 Å². The molecule has 0 radical (unpaired) electrons. The summed E-state index contributed by atoms with van der Waals surface area (Å²) in [5, 5.41) is 22.8. The van der Waals surface area contributed by atoms with Crippen molar-refractivity contribution in [3.05, 3.63) is 0 Å². The van der Waals surface area contributed by atoms with Crippen LogP contribution in [0.4, 0.5) is 0 Å². The molecule has 0 fully saturated rings. The Labute approximate surface area is 278 Å². The summed E-state index contributed by atoms with van der Waals surface area (Å²) in [7, 11) is -2.13. The number of carboxylic acids is 2. The summed E-state index contributed by atoms with van der Waals surface area (Å²) in [6.45, 7) is 4.73. The normalized spacial score (nSPS) is 10.1. The van der Waals surface area contributed by atoms with E-state index in [0.717, 1.165) is 25.7 Å². The Bertz CT molecular complexity index is 548. The Morgan fingerprint density at radius 2 is 0.868 bits per heavy atom. The molecule has 0 spiro atoms. The minimum atomic E-state index is -3.75. The maximum Gasteiger partial charge on any atom is 1.00 e. The zero-order chi connectivity index (χ0) is 27.9. The number of rotatable bonds is 23. The topological polar surface area (TPSA) is 147 Å². The Hall–Kier alpha value is 0.810. The molecule has 11 heteroatoms. The van der Waals surface area contributed by atoms with Gasteiger partial charge in [-0.15, -0.1) is 0 Å². The van der Waals surface area contributed by atoms with E-state index in [-0.39, 0.29) is 77.7 Å². The monoisotopic (exact) mass is 583 g/mol. The van der Waals surface area contributed by atoms with Gasteiger partial charge in [0.1, 0.15) is 0 Å². The van der Waals surface area contributed by atoms with Crippen LogP contribution in [0.3, 0.4) is 0 Å². The van der Waals surface area contributed by atoms with E-state index >= 15 is 0 Å². The Balaban J connectivity index is -0.000000145. The molecule has 2 N–H and O–H groups in total. The molecule has 0 aliphatic rings. The summed E-state index contributed by atoms with van der Waals surface area (Å²) >= 11 is 0. The van der Waals surface area contributed by atoms with E-state index < -0.39 is 22.1 Å². The van der Waals surface area contributed by atoms with E-state index in [1.54, 1.807) is 7.05 Å². The first-order valence-electron chi connectivity index (χ1n) is 14.1. The molecule has 218 valence electrons. The van der Waals surface area contributed by atoms with Crippen molar-refractivity contribution in [2.45, 2.75) is 142 Å². The Morgan fingerprint density at radius 1 is 0.605 bits per heavy atom. The fourth-order valence-corrected chi connectivity index (χ4v) is 3.85. The van der Waals surface area contributed by atoms with Crippen LogP contribution >= 0.6 is 0 Å². The molecule has 0 aromatic carbocycles. The molecule has 0 saturated heterocycles. The average Bonchev–Trinajstić information content (AvgIpc) is 2.80. The fourth-order valence-electron chi connectivity index (χ4n) is 3.39. The van der Waals surface area contributed by atoms with Crippen LogP contribution in [0.2, 0.25) is 0 Å². The minimum Gasteiger partial charge on any atom is -0.550 e. The van der Waals surface area contributed by atoms with Crippen LogP contribution in [0.15, 0.2) is 0 Å². The molecule has 0 aliphatic carbocycles. The molecule has 38 heavy (non-hydrogen) atoms. The molecule has 0 rings (SSSR count). The third-order valence-electron chi connectivity index (χ3n) is 5.58. The largest absolute Gasteiger partial charge is 1.00 e. The molecule has 0 saturated carbocycles. The second-order valence-electron chi connectivity index (χ2n) is 9.29. The van der Waals surface area contributed by atoms with Gasteiger partial charge >= 0.3 is 59.1 Å². The minimum absolute atomic E-state index is 0. The molecular weight excluding hydrogens is 528 g/mol. The van der Waals surface area contributed by atoms with Gasteiger partial charge < -0.3 is 25.1 Å². The van der Waals surface area contributed by atoms with Crippen molar-refractivity contribution in [2.24, 2.45) is 0 Å². The first-order valence-corrected chi connectivity index (χ1v) is 15.7. The zero-order valence-electron chi connectivity index (χ0n) is 25.4. The van der Waals surface area contributed by atoms with E-state index in [1.165, 1.54) is 89.9 Å². The number of hydrogen-bond acceptors (Lipinski definition) is 7. The fraction of sp³-hybridized carbons (Fsp3) is 0.926. The van der Waals surface area contributed by atoms with Crippen LogP contribution in [-0.2, 0) is 19.7 Å². The SMILES string of the molecule is CCCCCCCCCCCC(=O)[O-].CCCCCCCCCCCC(=O)[O-].CNCCS(=O)(=O)O.[Na+].[Na+]. The number of carboxylic acid groups (broad SMARTS) is 2. The first kappa shape index (κ1) is 48.5. The zero-order valence-corrected chi connectivity index (χ0v) is 30.2. The standard InChI is InChI=1S/2C12H24O2.C3H9NO3S.2Na/c2*1-2-3-4-5-6-7-8-9-10-11-12(13)14;1-4-2-3-8(5,6)7;;/h2*2-11H2,1H3,(H,13,14);4H,2-3H2,1H3,(H,5,6,7);;/q;;;2*+1/p-2. The third kappa shape index (κ3) is 61.0. The van der Waals surface area contributed by atoms with Gasteiger partial charge in [-0.3, -0.25) is 4.55 Å². The molecule has 0 aliphatic heterocycles.